The third-order valence-electron chi connectivity index (χ3n) is 3.54. The van der Waals surface area contributed by atoms with Gasteiger partial charge in [-0.3, -0.25) is 0 Å². The molecule has 1 atom stereocenters. The van der Waals surface area contributed by atoms with Crippen molar-refractivity contribution in [3.05, 3.63) is 29.8 Å². The Kier molecular flexibility index (Phi) is 3.69. The van der Waals surface area contributed by atoms with E-state index in [1.54, 1.807) is 0 Å². The fraction of sp³-hybridized carbons (Fsp3) is 0.571. The van der Waals surface area contributed by atoms with Crippen LogP contribution in [0.3, 0.4) is 0 Å². The number of benzene rings is 1. The van der Waals surface area contributed by atoms with Gasteiger partial charge in [-0.25, -0.2) is 0 Å². The molecule has 1 aromatic carbocycles. The van der Waals surface area contributed by atoms with E-state index in [-0.39, 0.29) is 12.0 Å². The van der Waals surface area contributed by atoms with E-state index < -0.39 is 0 Å². The molecule has 1 aliphatic rings. The highest BCUT2D eigenvalue weighted by atomic mass is 16.5. The molecule has 1 fully saturated rings. The zero-order valence-electron chi connectivity index (χ0n) is 10.6. The maximum atomic E-state index is 9.56. The first-order chi connectivity index (χ1) is 8.15. The first kappa shape index (κ1) is 12.4. The Hall–Kier alpha value is -1.06. The van der Waals surface area contributed by atoms with Gasteiger partial charge in [0.25, 0.3) is 0 Å². The van der Waals surface area contributed by atoms with Gasteiger partial charge in [0, 0.05) is 31.3 Å². The van der Waals surface area contributed by atoms with Gasteiger partial charge >= 0.3 is 0 Å². The van der Waals surface area contributed by atoms with E-state index in [0.717, 1.165) is 19.6 Å². The Bertz CT molecular complexity index is 372. The Morgan fingerprint density at radius 1 is 1.47 bits per heavy atom. The molecule has 0 aliphatic carbocycles. The van der Waals surface area contributed by atoms with Gasteiger partial charge in [-0.05, 0) is 31.0 Å². The van der Waals surface area contributed by atoms with E-state index in [0.29, 0.717) is 6.61 Å². The van der Waals surface area contributed by atoms with Crippen molar-refractivity contribution < 1.29 is 9.84 Å². The van der Waals surface area contributed by atoms with Crippen LogP contribution in [0.1, 0.15) is 12.0 Å². The molecule has 2 rings (SSSR count). The second-order valence-corrected chi connectivity index (χ2v) is 5.16. The molecular weight excluding hydrogens is 214 g/mol. The lowest BCUT2D eigenvalue weighted by Crippen LogP contribution is -2.39. The minimum atomic E-state index is -0.0848. The Balaban J connectivity index is 2.07. The second kappa shape index (κ2) is 5.07. The predicted octanol–water partition coefficient (Wildman–Crippen LogP) is 1.83. The SMILES string of the molecule is Cc1cccc(N(C)CC2(CO)CCOC2)c1. The Morgan fingerprint density at radius 2 is 2.29 bits per heavy atom. The van der Waals surface area contributed by atoms with Crippen molar-refractivity contribution in [3.8, 4) is 0 Å². The summed E-state index contributed by atoms with van der Waals surface area (Å²) in [7, 11) is 2.07. The van der Waals surface area contributed by atoms with Crippen LogP contribution in [0.25, 0.3) is 0 Å². The van der Waals surface area contributed by atoms with Gasteiger partial charge in [0.15, 0.2) is 0 Å². The zero-order valence-corrected chi connectivity index (χ0v) is 10.6. The molecule has 17 heavy (non-hydrogen) atoms. The molecule has 3 heteroatoms. The Labute approximate surface area is 103 Å². The van der Waals surface area contributed by atoms with Gasteiger partial charge in [-0.2, -0.15) is 0 Å². The summed E-state index contributed by atoms with van der Waals surface area (Å²) >= 11 is 0. The zero-order chi connectivity index (χ0) is 12.3. The molecule has 3 nitrogen and oxygen atoms in total. The number of aliphatic hydroxyl groups is 1. The molecule has 0 saturated carbocycles. The molecule has 1 heterocycles. The number of rotatable bonds is 4. The standard InChI is InChI=1S/C14H21NO2/c1-12-4-3-5-13(8-12)15(2)9-14(10-16)6-7-17-11-14/h3-5,8,16H,6-7,9-11H2,1-2H3. The number of anilines is 1. The number of aliphatic hydroxyl groups excluding tert-OH is 1. The molecule has 1 aliphatic heterocycles. The van der Waals surface area contributed by atoms with Crippen molar-refractivity contribution >= 4 is 5.69 Å². The van der Waals surface area contributed by atoms with Gasteiger partial charge in [0.1, 0.15) is 0 Å². The van der Waals surface area contributed by atoms with E-state index >= 15 is 0 Å². The maximum Gasteiger partial charge on any atom is 0.0562 e. The monoisotopic (exact) mass is 235 g/mol. The Morgan fingerprint density at radius 3 is 2.88 bits per heavy atom. The van der Waals surface area contributed by atoms with Gasteiger partial charge < -0.3 is 14.7 Å². The number of ether oxygens (including phenoxy) is 1. The smallest absolute Gasteiger partial charge is 0.0562 e. The van der Waals surface area contributed by atoms with Crippen molar-refractivity contribution in [3.63, 3.8) is 0 Å². The average molecular weight is 235 g/mol. The van der Waals surface area contributed by atoms with Crippen LogP contribution in [0.2, 0.25) is 0 Å². The van der Waals surface area contributed by atoms with Crippen LogP contribution in [0, 0.1) is 12.3 Å². The molecular formula is C14H21NO2. The minimum absolute atomic E-state index is 0.0848. The van der Waals surface area contributed by atoms with Crippen molar-refractivity contribution in [2.24, 2.45) is 5.41 Å². The third-order valence-corrected chi connectivity index (χ3v) is 3.54. The highest BCUT2D eigenvalue weighted by Crippen LogP contribution is 2.30. The molecule has 0 radical (unpaired) electrons. The summed E-state index contributed by atoms with van der Waals surface area (Å²) in [4.78, 5) is 2.21. The molecule has 0 bridgehead atoms. The molecule has 94 valence electrons. The number of nitrogens with zero attached hydrogens (tertiary/aromatic N) is 1. The van der Waals surface area contributed by atoms with Gasteiger partial charge in [-0.15, -0.1) is 0 Å². The van der Waals surface area contributed by atoms with Crippen molar-refractivity contribution in [1.82, 2.24) is 0 Å². The molecule has 1 unspecified atom stereocenters. The summed E-state index contributed by atoms with van der Waals surface area (Å²) < 4.78 is 5.43. The van der Waals surface area contributed by atoms with Crippen molar-refractivity contribution in [2.45, 2.75) is 13.3 Å². The lowest BCUT2D eigenvalue weighted by atomic mass is 9.87. The largest absolute Gasteiger partial charge is 0.396 e. The maximum absolute atomic E-state index is 9.56. The van der Waals surface area contributed by atoms with E-state index in [1.165, 1.54) is 11.3 Å². The molecule has 0 amide bonds. The van der Waals surface area contributed by atoms with Crippen LogP contribution in [0.15, 0.2) is 24.3 Å². The molecule has 1 aromatic rings. The highest BCUT2D eigenvalue weighted by Gasteiger charge is 2.35. The number of hydrogen-bond donors (Lipinski definition) is 1. The number of aryl methyl sites for hydroxylation is 1. The first-order valence-corrected chi connectivity index (χ1v) is 6.12. The average Bonchev–Trinajstić information content (AvgIpc) is 2.78. The summed E-state index contributed by atoms with van der Waals surface area (Å²) in [5, 5.41) is 9.56. The summed E-state index contributed by atoms with van der Waals surface area (Å²) in [6.07, 6.45) is 0.944. The van der Waals surface area contributed by atoms with E-state index in [4.69, 9.17) is 4.74 Å². The lowest BCUT2D eigenvalue weighted by molar-refractivity contribution is 0.0986. The van der Waals surface area contributed by atoms with Crippen molar-refractivity contribution in [1.29, 1.82) is 0 Å². The second-order valence-electron chi connectivity index (χ2n) is 5.16. The summed E-state index contributed by atoms with van der Waals surface area (Å²) in [5.41, 5.74) is 2.37. The fourth-order valence-corrected chi connectivity index (χ4v) is 2.41. The van der Waals surface area contributed by atoms with Crippen molar-refractivity contribution in [2.75, 3.05) is 38.3 Å². The van der Waals surface area contributed by atoms with Gasteiger partial charge in [-0.1, -0.05) is 12.1 Å². The first-order valence-electron chi connectivity index (χ1n) is 6.12. The highest BCUT2D eigenvalue weighted by molar-refractivity contribution is 5.47. The van der Waals surface area contributed by atoms with E-state index in [2.05, 4.69) is 43.1 Å². The van der Waals surface area contributed by atoms with Gasteiger partial charge in [0.2, 0.25) is 0 Å². The van der Waals surface area contributed by atoms with Crippen LogP contribution < -0.4 is 4.90 Å². The van der Waals surface area contributed by atoms with E-state index in [9.17, 15) is 5.11 Å². The number of hydrogen-bond acceptors (Lipinski definition) is 3. The molecule has 0 spiro atoms. The summed E-state index contributed by atoms with van der Waals surface area (Å²) in [5.74, 6) is 0. The quantitative estimate of drug-likeness (QED) is 0.864. The van der Waals surface area contributed by atoms with Crippen LogP contribution >= 0.6 is 0 Å². The lowest BCUT2D eigenvalue weighted by Gasteiger charge is -2.31. The normalized spacial score (nSPS) is 23.9. The topological polar surface area (TPSA) is 32.7 Å². The third kappa shape index (κ3) is 2.79. The fourth-order valence-electron chi connectivity index (χ4n) is 2.41. The van der Waals surface area contributed by atoms with Gasteiger partial charge in [0.05, 0.1) is 13.2 Å². The molecule has 0 aromatic heterocycles. The van der Waals surface area contributed by atoms with Crippen LogP contribution in [-0.4, -0.2) is 38.5 Å². The van der Waals surface area contributed by atoms with Crippen LogP contribution in [0.4, 0.5) is 5.69 Å². The molecule has 1 saturated heterocycles. The predicted molar refractivity (Wildman–Crippen MR) is 69.4 cm³/mol. The minimum Gasteiger partial charge on any atom is -0.396 e. The summed E-state index contributed by atoms with van der Waals surface area (Å²) in [6, 6.07) is 8.44. The molecule has 1 N–H and O–H groups in total. The van der Waals surface area contributed by atoms with Crippen LogP contribution in [0.5, 0.6) is 0 Å². The van der Waals surface area contributed by atoms with Crippen LogP contribution in [-0.2, 0) is 4.74 Å². The summed E-state index contributed by atoms with van der Waals surface area (Å²) in [6.45, 7) is 4.57. The van der Waals surface area contributed by atoms with E-state index in [1.807, 2.05) is 0 Å².